The second-order valence-corrected chi connectivity index (χ2v) is 5.94. The Labute approximate surface area is 132 Å². The zero-order valence-electron chi connectivity index (χ0n) is 12.9. The van der Waals surface area contributed by atoms with Gasteiger partial charge in [-0.2, -0.15) is 0 Å². The first-order chi connectivity index (χ1) is 10.9. The normalized spacial score (nSPS) is 18.0. The lowest BCUT2D eigenvalue weighted by molar-refractivity contribution is 0.0694. The van der Waals surface area contributed by atoms with Gasteiger partial charge in [-0.3, -0.25) is 0 Å². The fourth-order valence-electron chi connectivity index (χ4n) is 2.89. The van der Waals surface area contributed by atoms with Crippen molar-refractivity contribution in [3.63, 3.8) is 0 Å². The number of imidazole rings is 1. The molecule has 1 aromatic carbocycles. The number of benzene rings is 1. The second-order valence-electron chi connectivity index (χ2n) is 5.94. The number of halogens is 1. The van der Waals surface area contributed by atoms with E-state index in [9.17, 15) is 14.3 Å². The molecule has 1 aromatic heterocycles. The molecule has 0 saturated heterocycles. The van der Waals surface area contributed by atoms with Crippen molar-refractivity contribution >= 4 is 17.0 Å². The van der Waals surface area contributed by atoms with Gasteiger partial charge in [0.05, 0.1) is 5.52 Å². The summed E-state index contributed by atoms with van der Waals surface area (Å²) in [5, 5.41) is 19.3. The largest absolute Gasteiger partial charge is 0.505 e. The minimum atomic E-state index is -1.19. The highest BCUT2D eigenvalue weighted by Crippen LogP contribution is 2.32. The Bertz CT molecular complexity index is 864. The van der Waals surface area contributed by atoms with Crippen molar-refractivity contribution in [2.75, 3.05) is 0 Å². The van der Waals surface area contributed by atoms with E-state index in [0.717, 1.165) is 5.57 Å². The standard InChI is InChI=1S/C17H17FN2O3/c1-8-5-11(18)4-3-10(8)7-13-19-14-9(2)6-12(17(22)23)16(21)15(14)20-13/h3-4,6,8,21H,5,7H2,1-2H3,(H,19,20)(H,22,23). The lowest BCUT2D eigenvalue weighted by atomic mass is 9.90. The van der Waals surface area contributed by atoms with Crippen molar-refractivity contribution in [3.05, 3.63) is 46.6 Å². The number of H-pyrrole nitrogens is 1. The van der Waals surface area contributed by atoms with Crippen molar-refractivity contribution in [2.24, 2.45) is 5.92 Å². The number of nitrogens with one attached hydrogen (secondary N) is 1. The number of carbonyl (C=O) groups is 1. The number of aromatic carboxylic acids is 1. The number of aryl methyl sites for hydroxylation is 1. The van der Waals surface area contributed by atoms with Gasteiger partial charge in [0.15, 0.2) is 5.75 Å². The molecule has 120 valence electrons. The molecule has 5 nitrogen and oxygen atoms in total. The summed E-state index contributed by atoms with van der Waals surface area (Å²) < 4.78 is 13.2. The van der Waals surface area contributed by atoms with E-state index < -0.39 is 5.97 Å². The molecule has 1 aliphatic rings. The van der Waals surface area contributed by atoms with E-state index >= 15 is 0 Å². The van der Waals surface area contributed by atoms with Crippen LogP contribution in [-0.2, 0) is 6.42 Å². The van der Waals surface area contributed by atoms with Gasteiger partial charge in [-0.05, 0) is 30.5 Å². The molecule has 3 rings (SSSR count). The van der Waals surface area contributed by atoms with E-state index in [2.05, 4.69) is 9.97 Å². The molecule has 1 heterocycles. The summed E-state index contributed by atoms with van der Waals surface area (Å²) in [6, 6.07) is 1.41. The van der Waals surface area contributed by atoms with Crippen LogP contribution in [0.5, 0.6) is 5.75 Å². The maximum atomic E-state index is 13.2. The lowest BCUT2D eigenvalue weighted by Crippen LogP contribution is -2.07. The molecule has 2 aromatic rings. The molecule has 3 N–H and O–H groups in total. The van der Waals surface area contributed by atoms with E-state index in [0.29, 0.717) is 35.3 Å². The van der Waals surface area contributed by atoms with E-state index in [4.69, 9.17) is 5.11 Å². The van der Waals surface area contributed by atoms with Crippen LogP contribution in [0.3, 0.4) is 0 Å². The number of carboxylic acids is 1. The lowest BCUT2D eigenvalue weighted by Gasteiger charge is -2.17. The highest BCUT2D eigenvalue weighted by Gasteiger charge is 2.20. The van der Waals surface area contributed by atoms with Crippen LogP contribution in [0, 0.1) is 12.8 Å². The Morgan fingerprint density at radius 2 is 2.22 bits per heavy atom. The molecule has 0 aliphatic heterocycles. The summed E-state index contributed by atoms with van der Waals surface area (Å²) in [6.45, 7) is 3.70. The number of aromatic nitrogens is 2. The number of hydrogen-bond donors (Lipinski definition) is 3. The molecule has 0 amide bonds. The van der Waals surface area contributed by atoms with E-state index in [1.807, 2.05) is 6.92 Å². The predicted octanol–water partition coefficient (Wildman–Crippen LogP) is 3.64. The fraction of sp³-hybridized carbons (Fsp3) is 0.294. The minimum absolute atomic E-state index is 0.0810. The third-order valence-electron chi connectivity index (χ3n) is 4.19. The van der Waals surface area contributed by atoms with Gasteiger partial charge < -0.3 is 15.2 Å². The van der Waals surface area contributed by atoms with Gasteiger partial charge in [-0.25, -0.2) is 14.2 Å². The molecule has 1 atom stereocenters. The zero-order chi connectivity index (χ0) is 16.7. The summed E-state index contributed by atoms with van der Waals surface area (Å²) in [7, 11) is 0. The molecule has 0 bridgehead atoms. The van der Waals surface area contributed by atoms with Crippen LogP contribution in [0.2, 0.25) is 0 Å². The van der Waals surface area contributed by atoms with Gasteiger partial charge in [-0.1, -0.05) is 18.6 Å². The molecule has 0 spiro atoms. The van der Waals surface area contributed by atoms with Crippen molar-refractivity contribution in [3.8, 4) is 5.75 Å². The Morgan fingerprint density at radius 1 is 1.48 bits per heavy atom. The van der Waals surface area contributed by atoms with Gasteiger partial charge in [0.1, 0.15) is 22.7 Å². The smallest absolute Gasteiger partial charge is 0.339 e. The first-order valence-electron chi connectivity index (χ1n) is 7.36. The molecule has 1 unspecified atom stereocenters. The monoisotopic (exact) mass is 316 g/mol. The van der Waals surface area contributed by atoms with Crippen LogP contribution in [0.1, 0.15) is 35.1 Å². The maximum absolute atomic E-state index is 13.2. The zero-order valence-corrected chi connectivity index (χ0v) is 12.9. The maximum Gasteiger partial charge on any atom is 0.339 e. The van der Waals surface area contributed by atoms with Crippen LogP contribution in [-0.4, -0.2) is 26.2 Å². The number of hydrogen-bond acceptors (Lipinski definition) is 3. The van der Waals surface area contributed by atoms with E-state index in [1.165, 1.54) is 12.1 Å². The molecule has 6 heteroatoms. The third kappa shape index (κ3) is 2.72. The number of fused-ring (bicyclic) bond motifs is 1. The van der Waals surface area contributed by atoms with Crippen LogP contribution in [0.25, 0.3) is 11.0 Å². The fourth-order valence-corrected chi connectivity index (χ4v) is 2.89. The van der Waals surface area contributed by atoms with Crippen molar-refractivity contribution < 1.29 is 19.4 Å². The summed E-state index contributed by atoms with van der Waals surface area (Å²) in [5.41, 5.74) is 2.44. The van der Waals surface area contributed by atoms with Gasteiger partial charge in [0, 0.05) is 12.8 Å². The molecule has 0 saturated carbocycles. The number of carboxylic acid groups (broad SMARTS) is 1. The molecule has 1 aliphatic carbocycles. The third-order valence-corrected chi connectivity index (χ3v) is 4.19. The molecular weight excluding hydrogens is 299 g/mol. The minimum Gasteiger partial charge on any atom is -0.505 e. The Hall–Kier alpha value is -2.63. The van der Waals surface area contributed by atoms with Crippen molar-refractivity contribution in [1.82, 2.24) is 9.97 Å². The Balaban J connectivity index is 2.02. The number of nitrogens with zero attached hydrogens (tertiary/aromatic N) is 1. The average Bonchev–Trinajstić information content (AvgIpc) is 2.90. The molecule has 0 fully saturated rings. The Kier molecular flexibility index (Phi) is 3.67. The summed E-state index contributed by atoms with van der Waals surface area (Å²) in [6.07, 6.45) is 4.09. The van der Waals surface area contributed by atoms with Gasteiger partial charge in [-0.15, -0.1) is 0 Å². The number of allylic oxidation sites excluding steroid dienone is 4. The molecule has 0 radical (unpaired) electrons. The van der Waals surface area contributed by atoms with Crippen LogP contribution >= 0.6 is 0 Å². The van der Waals surface area contributed by atoms with E-state index in [-0.39, 0.29) is 23.1 Å². The Morgan fingerprint density at radius 3 is 2.87 bits per heavy atom. The number of aromatic hydroxyl groups is 1. The second kappa shape index (κ2) is 5.53. The van der Waals surface area contributed by atoms with Crippen molar-refractivity contribution in [2.45, 2.75) is 26.7 Å². The first kappa shape index (κ1) is 15.3. The molecule has 23 heavy (non-hydrogen) atoms. The van der Waals surface area contributed by atoms with Crippen molar-refractivity contribution in [1.29, 1.82) is 0 Å². The number of phenols is 1. The summed E-state index contributed by atoms with van der Waals surface area (Å²) in [5.74, 6) is -0.931. The SMILES string of the molecule is Cc1cc(C(=O)O)c(O)c2[nH]c(CC3=CC=C(F)CC3C)nc12. The topological polar surface area (TPSA) is 86.2 Å². The number of rotatable bonds is 3. The van der Waals surface area contributed by atoms with Gasteiger partial charge in [0.25, 0.3) is 0 Å². The van der Waals surface area contributed by atoms with Crippen LogP contribution < -0.4 is 0 Å². The van der Waals surface area contributed by atoms with Crippen LogP contribution in [0.15, 0.2) is 29.6 Å². The quantitative estimate of drug-likeness (QED) is 0.807. The number of aromatic amines is 1. The first-order valence-corrected chi connectivity index (χ1v) is 7.36. The average molecular weight is 316 g/mol. The van der Waals surface area contributed by atoms with Gasteiger partial charge in [0.2, 0.25) is 0 Å². The highest BCUT2D eigenvalue weighted by atomic mass is 19.1. The highest BCUT2D eigenvalue weighted by molar-refractivity contribution is 5.99. The van der Waals surface area contributed by atoms with Gasteiger partial charge >= 0.3 is 5.97 Å². The predicted molar refractivity (Wildman–Crippen MR) is 84.2 cm³/mol. The van der Waals surface area contributed by atoms with Crippen LogP contribution in [0.4, 0.5) is 4.39 Å². The van der Waals surface area contributed by atoms with E-state index in [1.54, 1.807) is 13.0 Å². The summed E-state index contributed by atoms with van der Waals surface area (Å²) in [4.78, 5) is 18.6. The molecular formula is C17H17FN2O3. The summed E-state index contributed by atoms with van der Waals surface area (Å²) >= 11 is 0.